The lowest BCUT2D eigenvalue weighted by Gasteiger charge is -2.13. The Labute approximate surface area is 139 Å². The van der Waals surface area contributed by atoms with Crippen LogP contribution < -0.4 is 14.2 Å². The molecule has 0 spiro atoms. The van der Waals surface area contributed by atoms with Crippen LogP contribution in [0.25, 0.3) is 0 Å². The van der Waals surface area contributed by atoms with Crippen LogP contribution in [0, 0.1) is 0 Å². The van der Waals surface area contributed by atoms with Crippen molar-refractivity contribution in [1.29, 1.82) is 0 Å². The SMILES string of the molecule is CCC(C)Oc1ccc(OCc2ccc(OC(C)C)cc2)cc1. The zero-order valence-corrected chi connectivity index (χ0v) is 14.4. The van der Waals surface area contributed by atoms with Gasteiger partial charge in [-0.25, -0.2) is 0 Å². The second kappa shape index (κ2) is 8.47. The van der Waals surface area contributed by atoms with Gasteiger partial charge in [-0.1, -0.05) is 19.1 Å². The number of hydrogen-bond donors (Lipinski definition) is 0. The van der Waals surface area contributed by atoms with Gasteiger partial charge >= 0.3 is 0 Å². The third-order valence-corrected chi connectivity index (χ3v) is 3.44. The summed E-state index contributed by atoms with van der Waals surface area (Å²) in [6, 6.07) is 15.8. The van der Waals surface area contributed by atoms with Crippen molar-refractivity contribution in [2.24, 2.45) is 0 Å². The first kappa shape index (κ1) is 17.2. The molecule has 1 unspecified atom stereocenters. The van der Waals surface area contributed by atoms with Gasteiger partial charge in [-0.05, 0) is 69.2 Å². The highest BCUT2D eigenvalue weighted by Gasteiger charge is 2.02. The summed E-state index contributed by atoms with van der Waals surface area (Å²) in [5, 5.41) is 0. The molecule has 2 rings (SSSR count). The summed E-state index contributed by atoms with van der Waals surface area (Å²) in [7, 11) is 0. The quantitative estimate of drug-likeness (QED) is 0.667. The van der Waals surface area contributed by atoms with Crippen LogP contribution in [-0.2, 0) is 6.61 Å². The lowest BCUT2D eigenvalue weighted by Crippen LogP contribution is -2.09. The Bertz CT molecular complexity index is 573. The summed E-state index contributed by atoms with van der Waals surface area (Å²) in [4.78, 5) is 0. The van der Waals surface area contributed by atoms with Gasteiger partial charge < -0.3 is 14.2 Å². The largest absolute Gasteiger partial charge is 0.491 e. The van der Waals surface area contributed by atoms with E-state index in [1.165, 1.54) is 0 Å². The molecule has 0 amide bonds. The van der Waals surface area contributed by atoms with Crippen LogP contribution in [0.2, 0.25) is 0 Å². The number of ether oxygens (including phenoxy) is 3. The fourth-order valence-corrected chi connectivity index (χ4v) is 2.03. The van der Waals surface area contributed by atoms with E-state index >= 15 is 0 Å². The Hall–Kier alpha value is -2.16. The minimum atomic E-state index is 0.188. The predicted octanol–water partition coefficient (Wildman–Crippen LogP) is 5.23. The molecule has 2 aromatic carbocycles. The summed E-state index contributed by atoms with van der Waals surface area (Å²) in [5.74, 6) is 2.60. The molecule has 0 aromatic heterocycles. The van der Waals surface area contributed by atoms with Gasteiger partial charge in [0, 0.05) is 0 Å². The summed E-state index contributed by atoms with van der Waals surface area (Å²) in [6.45, 7) is 8.75. The number of rotatable bonds is 8. The van der Waals surface area contributed by atoms with Crippen molar-refractivity contribution < 1.29 is 14.2 Å². The van der Waals surface area contributed by atoms with Gasteiger partial charge in [0.25, 0.3) is 0 Å². The van der Waals surface area contributed by atoms with Crippen molar-refractivity contribution in [3.8, 4) is 17.2 Å². The molecule has 2 aromatic rings. The minimum absolute atomic E-state index is 0.188. The van der Waals surface area contributed by atoms with Crippen molar-refractivity contribution in [1.82, 2.24) is 0 Å². The fourth-order valence-electron chi connectivity index (χ4n) is 2.03. The Morgan fingerprint density at radius 2 is 1.26 bits per heavy atom. The molecule has 0 N–H and O–H groups in total. The lowest BCUT2D eigenvalue weighted by atomic mass is 10.2. The van der Waals surface area contributed by atoms with Gasteiger partial charge in [0.15, 0.2) is 0 Å². The maximum Gasteiger partial charge on any atom is 0.120 e. The maximum absolute atomic E-state index is 5.80. The molecule has 0 fully saturated rings. The van der Waals surface area contributed by atoms with Gasteiger partial charge in [0.1, 0.15) is 23.9 Å². The molecule has 1 atom stereocenters. The number of hydrogen-bond acceptors (Lipinski definition) is 3. The normalized spacial score (nSPS) is 12.0. The molecule has 0 bridgehead atoms. The van der Waals surface area contributed by atoms with Crippen LogP contribution in [0.5, 0.6) is 17.2 Å². The second-order valence-electron chi connectivity index (χ2n) is 5.91. The Balaban J connectivity index is 1.85. The van der Waals surface area contributed by atoms with Gasteiger partial charge in [0.2, 0.25) is 0 Å². The van der Waals surface area contributed by atoms with E-state index in [1.807, 2.05) is 62.4 Å². The van der Waals surface area contributed by atoms with Crippen molar-refractivity contribution in [3.63, 3.8) is 0 Å². The first-order chi connectivity index (χ1) is 11.1. The topological polar surface area (TPSA) is 27.7 Å². The molecule has 0 aliphatic rings. The monoisotopic (exact) mass is 314 g/mol. The van der Waals surface area contributed by atoms with Gasteiger partial charge in [-0.2, -0.15) is 0 Å². The van der Waals surface area contributed by atoms with E-state index in [0.717, 1.165) is 29.2 Å². The third kappa shape index (κ3) is 5.85. The maximum atomic E-state index is 5.80. The first-order valence-electron chi connectivity index (χ1n) is 8.22. The van der Waals surface area contributed by atoms with Gasteiger partial charge in [-0.15, -0.1) is 0 Å². The molecule has 23 heavy (non-hydrogen) atoms. The highest BCUT2D eigenvalue weighted by Crippen LogP contribution is 2.21. The first-order valence-corrected chi connectivity index (χ1v) is 8.22. The van der Waals surface area contributed by atoms with Crippen molar-refractivity contribution in [2.45, 2.75) is 52.9 Å². The average Bonchev–Trinajstić information content (AvgIpc) is 2.55. The highest BCUT2D eigenvalue weighted by molar-refractivity contribution is 5.32. The zero-order valence-electron chi connectivity index (χ0n) is 14.4. The summed E-state index contributed by atoms with van der Waals surface area (Å²) >= 11 is 0. The molecule has 0 aliphatic carbocycles. The van der Waals surface area contributed by atoms with Crippen LogP contribution in [0.15, 0.2) is 48.5 Å². The third-order valence-electron chi connectivity index (χ3n) is 3.44. The highest BCUT2D eigenvalue weighted by atomic mass is 16.5. The standard InChI is InChI=1S/C20H26O3/c1-5-16(4)23-20-12-10-18(11-13-20)21-14-17-6-8-19(9-7-17)22-15(2)3/h6-13,15-16H,5,14H2,1-4H3. The average molecular weight is 314 g/mol. The molecule has 0 heterocycles. The van der Waals surface area contributed by atoms with E-state index in [0.29, 0.717) is 6.61 Å². The molecular weight excluding hydrogens is 288 g/mol. The molecular formula is C20H26O3. The summed E-state index contributed by atoms with van der Waals surface area (Å²) in [5.41, 5.74) is 1.11. The molecule has 0 radical (unpaired) electrons. The van der Waals surface area contributed by atoms with Crippen LogP contribution in [0.3, 0.4) is 0 Å². The molecule has 3 nitrogen and oxygen atoms in total. The van der Waals surface area contributed by atoms with Gasteiger partial charge in [0.05, 0.1) is 12.2 Å². The summed E-state index contributed by atoms with van der Waals surface area (Å²) in [6.07, 6.45) is 1.41. The molecule has 0 saturated carbocycles. The summed E-state index contributed by atoms with van der Waals surface area (Å²) < 4.78 is 17.2. The fraction of sp³-hybridized carbons (Fsp3) is 0.400. The zero-order chi connectivity index (χ0) is 16.7. The Kier molecular flexibility index (Phi) is 6.33. The molecule has 0 aliphatic heterocycles. The lowest BCUT2D eigenvalue weighted by molar-refractivity contribution is 0.217. The minimum Gasteiger partial charge on any atom is -0.491 e. The van der Waals surface area contributed by atoms with Crippen molar-refractivity contribution in [3.05, 3.63) is 54.1 Å². The van der Waals surface area contributed by atoms with Crippen LogP contribution in [0.4, 0.5) is 0 Å². The Morgan fingerprint density at radius 3 is 1.83 bits per heavy atom. The van der Waals surface area contributed by atoms with E-state index in [9.17, 15) is 0 Å². The van der Waals surface area contributed by atoms with Crippen LogP contribution in [0.1, 0.15) is 39.7 Å². The van der Waals surface area contributed by atoms with Crippen molar-refractivity contribution >= 4 is 0 Å². The molecule has 3 heteroatoms. The van der Waals surface area contributed by atoms with E-state index < -0.39 is 0 Å². The predicted molar refractivity (Wildman–Crippen MR) is 93.4 cm³/mol. The molecule has 0 saturated heterocycles. The van der Waals surface area contributed by atoms with Gasteiger partial charge in [-0.3, -0.25) is 0 Å². The van der Waals surface area contributed by atoms with Crippen LogP contribution in [-0.4, -0.2) is 12.2 Å². The number of benzene rings is 2. The van der Waals surface area contributed by atoms with E-state index in [4.69, 9.17) is 14.2 Å². The molecule has 124 valence electrons. The Morgan fingerprint density at radius 1 is 0.739 bits per heavy atom. The van der Waals surface area contributed by atoms with E-state index in [1.54, 1.807) is 0 Å². The van der Waals surface area contributed by atoms with E-state index in [2.05, 4.69) is 13.8 Å². The van der Waals surface area contributed by atoms with Crippen LogP contribution >= 0.6 is 0 Å². The van der Waals surface area contributed by atoms with E-state index in [-0.39, 0.29) is 12.2 Å². The second-order valence-corrected chi connectivity index (χ2v) is 5.91. The van der Waals surface area contributed by atoms with Crippen molar-refractivity contribution in [2.75, 3.05) is 0 Å². The smallest absolute Gasteiger partial charge is 0.120 e.